The number of carbonyl (C=O) groups is 2. The smallest absolute Gasteiger partial charge is 0.248 e. The molecule has 3 rings (SSSR count). The van der Waals surface area contributed by atoms with Crippen LogP contribution in [-0.2, 0) is 19.6 Å². The van der Waals surface area contributed by atoms with E-state index in [9.17, 15) is 22.4 Å². The number of alkyl halides is 1. The maximum absolute atomic E-state index is 13.3. The second-order valence-electron chi connectivity index (χ2n) is 7.02. The molecule has 1 unspecified atom stereocenters. The van der Waals surface area contributed by atoms with E-state index in [2.05, 4.69) is 10.7 Å². The van der Waals surface area contributed by atoms with Gasteiger partial charge in [-0.25, -0.2) is 18.2 Å². The van der Waals surface area contributed by atoms with Crippen molar-refractivity contribution < 1.29 is 22.4 Å². The van der Waals surface area contributed by atoms with Crippen molar-refractivity contribution in [2.24, 2.45) is 0 Å². The number of hydrazine groups is 1. The topological polar surface area (TPSA) is 102 Å². The molecular formula is C17H24FN5O4S. The zero-order valence-corrected chi connectivity index (χ0v) is 16.8. The predicted molar refractivity (Wildman–Crippen MR) is 102 cm³/mol. The van der Waals surface area contributed by atoms with Crippen molar-refractivity contribution in [1.82, 2.24) is 14.7 Å². The lowest BCUT2D eigenvalue weighted by molar-refractivity contribution is -0.146. The van der Waals surface area contributed by atoms with E-state index in [1.54, 1.807) is 19.2 Å². The Kier molecular flexibility index (Phi) is 5.60. The Morgan fingerprint density at radius 2 is 2.04 bits per heavy atom. The van der Waals surface area contributed by atoms with Crippen molar-refractivity contribution in [2.75, 3.05) is 43.9 Å². The van der Waals surface area contributed by atoms with Crippen LogP contribution in [0.25, 0.3) is 0 Å². The average Bonchev–Trinajstić information content (AvgIpc) is 2.72. The van der Waals surface area contributed by atoms with Gasteiger partial charge < -0.3 is 10.2 Å². The van der Waals surface area contributed by atoms with E-state index in [4.69, 9.17) is 0 Å². The molecule has 9 nitrogen and oxygen atoms in total. The summed E-state index contributed by atoms with van der Waals surface area (Å²) in [6.07, 6.45) is -1.55. The first-order valence-corrected chi connectivity index (χ1v) is 10.4. The first-order valence-electron chi connectivity index (χ1n) is 8.93. The van der Waals surface area contributed by atoms with Gasteiger partial charge in [0.25, 0.3) is 0 Å². The molecule has 2 aliphatic heterocycles. The highest BCUT2D eigenvalue weighted by Gasteiger charge is 2.33. The quantitative estimate of drug-likeness (QED) is 0.732. The standard InChI is InChI=1S/C17H24FN5O4S/c1-11(23-16(24)8-12(18)10-19-23)17(25)20-13-4-5-14-15(9-13)28(26,27)22(3)7-6-21(14)2/h4-5,9,11-12,19H,6-8,10H2,1-3H3,(H,20,25)/t11-,12?/m1/s1. The van der Waals surface area contributed by atoms with Gasteiger partial charge in [0, 0.05) is 39.4 Å². The molecule has 1 aromatic carbocycles. The number of likely N-dealkylation sites (N-methyl/N-ethyl adjacent to an activating group) is 2. The molecule has 11 heteroatoms. The van der Waals surface area contributed by atoms with Gasteiger partial charge in [0.2, 0.25) is 21.8 Å². The maximum atomic E-state index is 13.3. The molecule has 0 radical (unpaired) electrons. The van der Waals surface area contributed by atoms with Crippen LogP contribution < -0.4 is 15.6 Å². The number of carbonyl (C=O) groups excluding carboxylic acids is 2. The lowest BCUT2D eigenvalue weighted by Crippen LogP contribution is -2.58. The second-order valence-corrected chi connectivity index (χ2v) is 9.04. The third-order valence-corrected chi connectivity index (χ3v) is 6.88. The van der Waals surface area contributed by atoms with Crippen LogP contribution in [0.2, 0.25) is 0 Å². The first-order chi connectivity index (χ1) is 13.1. The van der Waals surface area contributed by atoms with Gasteiger partial charge in [0.05, 0.1) is 12.1 Å². The number of hydrogen-bond donors (Lipinski definition) is 2. The number of rotatable bonds is 3. The third kappa shape index (κ3) is 3.82. The Morgan fingerprint density at radius 1 is 1.32 bits per heavy atom. The summed E-state index contributed by atoms with van der Waals surface area (Å²) in [6, 6.07) is 3.78. The summed E-state index contributed by atoms with van der Waals surface area (Å²) < 4.78 is 40.0. The van der Waals surface area contributed by atoms with Crippen LogP contribution in [0.5, 0.6) is 0 Å². The normalized spacial score (nSPS) is 23.7. The highest BCUT2D eigenvalue weighted by molar-refractivity contribution is 7.89. The van der Waals surface area contributed by atoms with Crippen LogP contribution >= 0.6 is 0 Å². The Bertz CT molecular complexity index is 894. The van der Waals surface area contributed by atoms with Crippen LogP contribution in [0.1, 0.15) is 13.3 Å². The molecule has 0 bridgehead atoms. The number of anilines is 2. The molecule has 2 amide bonds. The van der Waals surface area contributed by atoms with Crippen molar-refractivity contribution in [2.45, 2.75) is 30.5 Å². The highest BCUT2D eigenvalue weighted by Crippen LogP contribution is 2.32. The minimum Gasteiger partial charge on any atom is -0.372 e. The lowest BCUT2D eigenvalue weighted by Gasteiger charge is -2.33. The summed E-state index contributed by atoms with van der Waals surface area (Å²) in [6.45, 7) is 2.37. The summed E-state index contributed by atoms with van der Waals surface area (Å²) >= 11 is 0. The molecule has 0 aliphatic carbocycles. The van der Waals surface area contributed by atoms with Gasteiger partial charge in [0.1, 0.15) is 17.1 Å². The SMILES string of the molecule is C[C@H](C(=O)Nc1ccc2c(c1)S(=O)(=O)N(C)CCN2C)N1NCC(F)CC1=O. The molecule has 2 heterocycles. The molecule has 2 atom stereocenters. The molecule has 1 saturated heterocycles. The fourth-order valence-corrected chi connectivity index (χ4v) is 4.60. The molecule has 2 aliphatic rings. The summed E-state index contributed by atoms with van der Waals surface area (Å²) in [7, 11) is -0.366. The molecule has 0 spiro atoms. The largest absolute Gasteiger partial charge is 0.372 e. The number of sulfonamides is 1. The number of benzene rings is 1. The number of amides is 2. The monoisotopic (exact) mass is 413 g/mol. The van der Waals surface area contributed by atoms with Crippen LogP contribution in [0.3, 0.4) is 0 Å². The molecule has 1 aromatic rings. The maximum Gasteiger partial charge on any atom is 0.248 e. The van der Waals surface area contributed by atoms with Gasteiger partial charge in [-0.05, 0) is 25.1 Å². The van der Waals surface area contributed by atoms with Gasteiger partial charge in [-0.15, -0.1) is 0 Å². The van der Waals surface area contributed by atoms with E-state index < -0.39 is 34.1 Å². The second kappa shape index (κ2) is 7.64. The molecule has 28 heavy (non-hydrogen) atoms. The van der Waals surface area contributed by atoms with Gasteiger partial charge >= 0.3 is 0 Å². The number of halogens is 1. The third-order valence-electron chi connectivity index (χ3n) is 4.99. The summed E-state index contributed by atoms with van der Waals surface area (Å²) in [4.78, 5) is 26.4. The molecule has 1 fully saturated rings. The summed E-state index contributed by atoms with van der Waals surface area (Å²) in [5, 5.41) is 3.74. The summed E-state index contributed by atoms with van der Waals surface area (Å²) in [5.41, 5.74) is 3.46. The van der Waals surface area contributed by atoms with E-state index in [0.29, 0.717) is 24.5 Å². The Labute approximate surface area is 163 Å². The number of fused-ring (bicyclic) bond motifs is 1. The van der Waals surface area contributed by atoms with Gasteiger partial charge in [0.15, 0.2) is 0 Å². The van der Waals surface area contributed by atoms with Crippen molar-refractivity contribution in [3.63, 3.8) is 0 Å². The average molecular weight is 413 g/mol. The van der Waals surface area contributed by atoms with Gasteiger partial charge in [-0.2, -0.15) is 4.31 Å². The van der Waals surface area contributed by atoms with E-state index in [0.717, 1.165) is 5.01 Å². The molecule has 154 valence electrons. The van der Waals surface area contributed by atoms with Crippen LogP contribution in [0, 0.1) is 0 Å². The highest BCUT2D eigenvalue weighted by atomic mass is 32.2. The van der Waals surface area contributed by atoms with Crippen molar-refractivity contribution >= 4 is 33.2 Å². The van der Waals surface area contributed by atoms with E-state index in [-0.39, 0.29) is 17.9 Å². The van der Waals surface area contributed by atoms with Crippen molar-refractivity contribution in [3.05, 3.63) is 18.2 Å². The molecule has 0 aromatic heterocycles. The molecule has 2 N–H and O–H groups in total. The van der Waals surface area contributed by atoms with E-state index >= 15 is 0 Å². The van der Waals surface area contributed by atoms with Crippen LogP contribution in [-0.4, -0.2) is 75.5 Å². The first kappa shape index (κ1) is 20.5. The number of hydrogen-bond acceptors (Lipinski definition) is 6. The van der Waals surface area contributed by atoms with Crippen molar-refractivity contribution in [3.8, 4) is 0 Å². The van der Waals surface area contributed by atoms with E-state index in [1.165, 1.54) is 24.3 Å². The fraction of sp³-hybridized carbons (Fsp3) is 0.529. The summed E-state index contributed by atoms with van der Waals surface area (Å²) in [5.74, 6) is -1.01. The minimum absolute atomic E-state index is 0.0425. The minimum atomic E-state index is -3.68. The van der Waals surface area contributed by atoms with Crippen molar-refractivity contribution in [1.29, 1.82) is 0 Å². The lowest BCUT2D eigenvalue weighted by atomic mass is 10.2. The van der Waals surface area contributed by atoms with E-state index in [1.807, 2.05) is 4.90 Å². The Hall–Kier alpha value is -2.24. The van der Waals surface area contributed by atoms with Gasteiger partial charge in [-0.1, -0.05) is 0 Å². The Morgan fingerprint density at radius 3 is 2.71 bits per heavy atom. The molecule has 0 saturated carbocycles. The predicted octanol–water partition coefficient (Wildman–Crippen LogP) is 0.159. The fourth-order valence-electron chi connectivity index (χ4n) is 3.18. The van der Waals surface area contributed by atoms with Crippen LogP contribution in [0.15, 0.2) is 23.1 Å². The number of nitrogens with zero attached hydrogens (tertiary/aromatic N) is 3. The zero-order valence-electron chi connectivity index (χ0n) is 16.0. The Balaban J connectivity index is 1.82. The molecular weight excluding hydrogens is 389 g/mol. The zero-order chi connectivity index (χ0) is 20.6. The van der Waals surface area contributed by atoms with Crippen LogP contribution in [0.4, 0.5) is 15.8 Å². The van der Waals surface area contributed by atoms with Gasteiger partial charge in [-0.3, -0.25) is 14.6 Å². The number of nitrogens with one attached hydrogen (secondary N) is 2.